The standard InChI is InChI=1S/C14H21N5O2/c20-19(21)12-13(17-11-6-2-3-7-11)15-10-16-14(12)18-8-4-1-5-9-18/h10-11H,1-9H2,(H,15,16,17). The van der Waals surface area contributed by atoms with Crippen LogP contribution in [-0.4, -0.2) is 34.0 Å². The van der Waals surface area contributed by atoms with Crippen LogP contribution in [0.1, 0.15) is 44.9 Å². The number of hydrogen-bond acceptors (Lipinski definition) is 6. The molecule has 1 aromatic rings. The number of aromatic nitrogens is 2. The highest BCUT2D eigenvalue weighted by Crippen LogP contribution is 2.34. The molecule has 3 rings (SSSR count). The molecule has 1 aromatic heterocycles. The fourth-order valence-corrected chi connectivity index (χ4v) is 3.24. The first-order valence-corrected chi connectivity index (χ1v) is 7.76. The van der Waals surface area contributed by atoms with Gasteiger partial charge in [0.25, 0.3) is 0 Å². The van der Waals surface area contributed by atoms with Crippen LogP contribution in [0.25, 0.3) is 0 Å². The molecule has 114 valence electrons. The molecule has 1 saturated heterocycles. The molecule has 0 bridgehead atoms. The summed E-state index contributed by atoms with van der Waals surface area (Å²) in [4.78, 5) is 21.5. The summed E-state index contributed by atoms with van der Waals surface area (Å²) in [5.41, 5.74) is 0.0336. The Morgan fingerprint density at radius 1 is 1.14 bits per heavy atom. The number of hydrogen-bond donors (Lipinski definition) is 1. The highest BCUT2D eigenvalue weighted by atomic mass is 16.6. The van der Waals surface area contributed by atoms with Crippen molar-refractivity contribution in [1.29, 1.82) is 0 Å². The Morgan fingerprint density at radius 3 is 2.52 bits per heavy atom. The topological polar surface area (TPSA) is 84.2 Å². The summed E-state index contributed by atoms with van der Waals surface area (Å²) < 4.78 is 0. The highest BCUT2D eigenvalue weighted by molar-refractivity contribution is 5.70. The van der Waals surface area contributed by atoms with E-state index in [0.29, 0.717) is 17.7 Å². The number of piperidine rings is 1. The Kier molecular flexibility index (Phi) is 4.17. The van der Waals surface area contributed by atoms with Crippen LogP contribution in [0.15, 0.2) is 6.33 Å². The van der Waals surface area contributed by atoms with Gasteiger partial charge in [-0.25, -0.2) is 9.97 Å². The second-order valence-electron chi connectivity index (χ2n) is 5.83. The molecule has 2 aliphatic rings. The lowest BCUT2D eigenvalue weighted by Gasteiger charge is -2.27. The van der Waals surface area contributed by atoms with Gasteiger partial charge < -0.3 is 10.2 Å². The first kappa shape index (κ1) is 14.0. The van der Waals surface area contributed by atoms with E-state index in [1.54, 1.807) is 0 Å². The summed E-state index contributed by atoms with van der Waals surface area (Å²) in [5.74, 6) is 0.845. The number of nitro groups is 1. The lowest BCUT2D eigenvalue weighted by molar-refractivity contribution is -0.383. The highest BCUT2D eigenvalue weighted by Gasteiger charge is 2.29. The van der Waals surface area contributed by atoms with Gasteiger partial charge in [0, 0.05) is 19.1 Å². The first-order valence-electron chi connectivity index (χ1n) is 7.76. The predicted molar refractivity (Wildman–Crippen MR) is 80.6 cm³/mol. The Morgan fingerprint density at radius 2 is 1.86 bits per heavy atom. The quantitative estimate of drug-likeness (QED) is 0.678. The summed E-state index contributed by atoms with van der Waals surface area (Å²) in [5, 5.41) is 14.8. The van der Waals surface area contributed by atoms with Crippen molar-refractivity contribution >= 4 is 17.3 Å². The van der Waals surface area contributed by atoms with Crippen LogP contribution in [0.4, 0.5) is 17.3 Å². The minimum Gasteiger partial charge on any atom is -0.361 e. The molecule has 0 spiro atoms. The van der Waals surface area contributed by atoms with Crippen LogP contribution in [0.3, 0.4) is 0 Å². The molecular weight excluding hydrogens is 270 g/mol. The molecule has 2 fully saturated rings. The second-order valence-corrected chi connectivity index (χ2v) is 5.83. The number of rotatable bonds is 4. The van der Waals surface area contributed by atoms with E-state index >= 15 is 0 Å². The molecule has 0 atom stereocenters. The van der Waals surface area contributed by atoms with Gasteiger partial charge >= 0.3 is 5.69 Å². The minimum atomic E-state index is -0.346. The first-order chi connectivity index (χ1) is 10.3. The van der Waals surface area contributed by atoms with Crippen LogP contribution in [0, 0.1) is 10.1 Å². The van der Waals surface area contributed by atoms with Crippen LogP contribution in [-0.2, 0) is 0 Å². The summed E-state index contributed by atoms with van der Waals surface area (Å²) in [7, 11) is 0. The molecule has 0 amide bonds. The molecular formula is C14H21N5O2. The smallest absolute Gasteiger partial charge is 0.353 e. The van der Waals surface area contributed by atoms with Gasteiger partial charge in [-0.2, -0.15) is 0 Å². The third-order valence-corrected chi connectivity index (χ3v) is 4.34. The minimum absolute atomic E-state index is 0.0336. The maximum atomic E-state index is 11.5. The fraction of sp³-hybridized carbons (Fsp3) is 0.714. The molecule has 1 saturated carbocycles. The van der Waals surface area contributed by atoms with E-state index in [1.807, 2.05) is 4.90 Å². The van der Waals surface area contributed by atoms with Crippen LogP contribution < -0.4 is 10.2 Å². The maximum absolute atomic E-state index is 11.5. The van der Waals surface area contributed by atoms with Gasteiger partial charge in [-0.05, 0) is 32.1 Å². The Hall–Kier alpha value is -1.92. The van der Waals surface area contributed by atoms with Crippen LogP contribution >= 0.6 is 0 Å². The third kappa shape index (κ3) is 3.06. The third-order valence-electron chi connectivity index (χ3n) is 4.34. The van der Waals surface area contributed by atoms with Gasteiger partial charge in [0.05, 0.1) is 4.92 Å². The van der Waals surface area contributed by atoms with Crippen LogP contribution in [0.2, 0.25) is 0 Å². The molecule has 2 heterocycles. The largest absolute Gasteiger partial charge is 0.361 e. The molecule has 0 radical (unpaired) electrons. The summed E-state index contributed by atoms with van der Waals surface area (Å²) >= 11 is 0. The van der Waals surface area contributed by atoms with Gasteiger partial charge in [0.15, 0.2) is 0 Å². The summed E-state index contributed by atoms with van der Waals surface area (Å²) in [6, 6.07) is 0.299. The van der Waals surface area contributed by atoms with E-state index in [0.717, 1.165) is 38.8 Å². The number of nitrogens with zero attached hydrogens (tertiary/aromatic N) is 4. The Labute approximate surface area is 123 Å². The van der Waals surface area contributed by atoms with Gasteiger partial charge in [-0.1, -0.05) is 12.8 Å². The van der Waals surface area contributed by atoms with E-state index in [-0.39, 0.29) is 10.6 Å². The van der Waals surface area contributed by atoms with Crippen molar-refractivity contribution in [3.8, 4) is 0 Å². The van der Waals surface area contributed by atoms with E-state index in [4.69, 9.17) is 0 Å². The monoisotopic (exact) mass is 291 g/mol. The molecule has 1 aliphatic heterocycles. The molecule has 0 unspecified atom stereocenters. The predicted octanol–water partition coefficient (Wildman–Crippen LogP) is 2.73. The van der Waals surface area contributed by atoms with Gasteiger partial charge in [-0.15, -0.1) is 0 Å². The molecule has 7 heteroatoms. The van der Waals surface area contributed by atoms with Crippen molar-refractivity contribution in [3.63, 3.8) is 0 Å². The Bertz CT molecular complexity index is 510. The van der Waals surface area contributed by atoms with Crippen LogP contribution in [0.5, 0.6) is 0 Å². The summed E-state index contributed by atoms with van der Waals surface area (Å²) in [6.45, 7) is 1.67. The second kappa shape index (κ2) is 6.24. The fourth-order valence-electron chi connectivity index (χ4n) is 3.24. The SMILES string of the molecule is O=[N+]([O-])c1c(NC2CCCC2)ncnc1N1CCCCC1. The van der Waals surface area contributed by atoms with E-state index in [9.17, 15) is 10.1 Å². The van der Waals surface area contributed by atoms with Crippen molar-refractivity contribution in [2.24, 2.45) is 0 Å². The van der Waals surface area contributed by atoms with E-state index in [2.05, 4.69) is 15.3 Å². The molecule has 0 aromatic carbocycles. The van der Waals surface area contributed by atoms with E-state index in [1.165, 1.54) is 25.6 Å². The van der Waals surface area contributed by atoms with Crippen molar-refractivity contribution in [3.05, 3.63) is 16.4 Å². The lowest BCUT2D eigenvalue weighted by Crippen LogP contribution is -2.31. The van der Waals surface area contributed by atoms with Crippen molar-refractivity contribution in [2.45, 2.75) is 51.0 Å². The zero-order valence-corrected chi connectivity index (χ0v) is 12.1. The number of anilines is 2. The van der Waals surface area contributed by atoms with Gasteiger partial charge in [0.1, 0.15) is 6.33 Å². The zero-order chi connectivity index (χ0) is 14.7. The zero-order valence-electron chi connectivity index (χ0n) is 12.1. The average Bonchev–Trinajstić information content (AvgIpc) is 3.00. The molecule has 7 nitrogen and oxygen atoms in total. The van der Waals surface area contributed by atoms with Crippen molar-refractivity contribution in [2.75, 3.05) is 23.3 Å². The Balaban J connectivity index is 1.89. The lowest BCUT2D eigenvalue weighted by atomic mass is 10.1. The summed E-state index contributed by atoms with van der Waals surface area (Å²) in [6.07, 6.45) is 9.21. The van der Waals surface area contributed by atoms with Crippen molar-refractivity contribution < 1.29 is 4.92 Å². The van der Waals surface area contributed by atoms with E-state index < -0.39 is 0 Å². The normalized spacial score (nSPS) is 19.7. The molecule has 1 N–H and O–H groups in total. The average molecular weight is 291 g/mol. The molecule has 21 heavy (non-hydrogen) atoms. The molecule has 1 aliphatic carbocycles. The van der Waals surface area contributed by atoms with Gasteiger partial charge in [0.2, 0.25) is 11.6 Å². The number of nitrogens with one attached hydrogen (secondary N) is 1. The maximum Gasteiger partial charge on any atom is 0.353 e. The van der Waals surface area contributed by atoms with Gasteiger partial charge in [-0.3, -0.25) is 10.1 Å². The van der Waals surface area contributed by atoms with Crippen molar-refractivity contribution in [1.82, 2.24) is 9.97 Å².